The van der Waals surface area contributed by atoms with E-state index in [2.05, 4.69) is 10.3 Å². The molecular weight excluding hydrogens is 312 g/mol. The van der Waals surface area contributed by atoms with Gasteiger partial charge in [-0.2, -0.15) is 0 Å². The van der Waals surface area contributed by atoms with E-state index in [0.717, 1.165) is 5.69 Å². The largest absolute Gasteiger partial charge is 0.310 e. The fraction of sp³-hybridized carbons (Fsp3) is 0.111. The summed E-state index contributed by atoms with van der Waals surface area (Å²) in [5.41, 5.74) is 1.15. The number of anilines is 1. The Hall–Kier alpha value is -3.02. The molecule has 0 saturated heterocycles. The van der Waals surface area contributed by atoms with Crippen LogP contribution in [0, 0.1) is 11.6 Å². The maximum absolute atomic E-state index is 14.2. The summed E-state index contributed by atoms with van der Waals surface area (Å²) in [6, 6.07) is 13.0. The van der Waals surface area contributed by atoms with Crippen molar-refractivity contribution < 1.29 is 13.6 Å². The number of imidazole rings is 1. The number of hydrogen-bond donors (Lipinski definition) is 1. The van der Waals surface area contributed by atoms with Crippen molar-refractivity contribution in [1.82, 2.24) is 9.55 Å². The molecule has 1 aliphatic heterocycles. The molecule has 1 atom stereocenters. The van der Waals surface area contributed by atoms with Crippen molar-refractivity contribution >= 4 is 11.7 Å². The van der Waals surface area contributed by atoms with Crippen molar-refractivity contribution in [2.24, 2.45) is 0 Å². The molecule has 2 aromatic carbocycles. The Kier molecular flexibility index (Phi) is 3.37. The fourth-order valence-corrected chi connectivity index (χ4v) is 3.07. The molecule has 0 saturated carbocycles. The molecule has 0 fully saturated rings. The van der Waals surface area contributed by atoms with E-state index in [-0.39, 0.29) is 17.9 Å². The topological polar surface area (TPSA) is 46.9 Å². The number of carbonyl (C=O) groups excluding carboxylic acids is 1. The zero-order valence-corrected chi connectivity index (χ0v) is 12.5. The Morgan fingerprint density at radius 1 is 1.04 bits per heavy atom. The van der Waals surface area contributed by atoms with Gasteiger partial charge in [0.1, 0.15) is 23.8 Å². The second-order valence-electron chi connectivity index (χ2n) is 5.62. The SMILES string of the molecule is O=C1C[C@@H](c2c(F)cccc2F)c2ncn(-c3ccccc3)c2N1. The number of fused-ring (bicyclic) bond motifs is 1. The molecule has 0 radical (unpaired) electrons. The van der Waals surface area contributed by atoms with Crippen molar-refractivity contribution in [3.8, 4) is 5.69 Å². The van der Waals surface area contributed by atoms with Gasteiger partial charge < -0.3 is 5.32 Å². The third-order valence-corrected chi connectivity index (χ3v) is 4.16. The van der Waals surface area contributed by atoms with E-state index in [9.17, 15) is 13.6 Å². The molecule has 2 heterocycles. The number of para-hydroxylation sites is 1. The molecule has 3 aromatic rings. The number of nitrogens with one attached hydrogen (secondary N) is 1. The highest BCUT2D eigenvalue weighted by atomic mass is 19.1. The highest BCUT2D eigenvalue weighted by Crippen LogP contribution is 2.39. The van der Waals surface area contributed by atoms with Gasteiger partial charge in [0.15, 0.2) is 0 Å². The van der Waals surface area contributed by atoms with Crippen LogP contribution in [0.15, 0.2) is 54.9 Å². The van der Waals surface area contributed by atoms with Crippen LogP contribution in [0.4, 0.5) is 14.6 Å². The minimum atomic E-state index is -0.750. The number of amides is 1. The van der Waals surface area contributed by atoms with Gasteiger partial charge in [0, 0.05) is 23.6 Å². The summed E-state index contributed by atoms with van der Waals surface area (Å²) < 4.78 is 30.1. The molecule has 6 heteroatoms. The van der Waals surface area contributed by atoms with Crippen LogP contribution in [0.2, 0.25) is 0 Å². The van der Waals surface area contributed by atoms with Crippen molar-refractivity contribution in [3.05, 3.63) is 77.8 Å². The Labute approximate surface area is 136 Å². The lowest BCUT2D eigenvalue weighted by Gasteiger charge is -2.24. The number of halogens is 2. The van der Waals surface area contributed by atoms with Gasteiger partial charge in [0.2, 0.25) is 5.91 Å². The first kappa shape index (κ1) is 14.6. The molecule has 1 aromatic heterocycles. The summed E-state index contributed by atoms with van der Waals surface area (Å²) >= 11 is 0. The maximum Gasteiger partial charge on any atom is 0.226 e. The van der Waals surface area contributed by atoms with E-state index >= 15 is 0 Å². The monoisotopic (exact) mass is 325 g/mol. The van der Waals surface area contributed by atoms with E-state index in [1.807, 2.05) is 30.3 Å². The second kappa shape index (κ2) is 5.56. The van der Waals surface area contributed by atoms with Gasteiger partial charge in [0.05, 0.1) is 5.69 Å². The van der Waals surface area contributed by atoms with Gasteiger partial charge in [-0.15, -0.1) is 0 Å². The van der Waals surface area contributed by atoms with Gasteiger partial charge in [-0.05, 0) is 24.3 Å². The minimum absolute atomic E-state index is 0.0450. The predicted octanol–water partition coefficient (Wildman–Crippen LogP) is 3.62. The Morgan fingerprint density at radius 3 is 2.46 bits per heavy atom. The van der Waals surface area contributed by atoms with Gasteiger partial charge >= 0.3 is 0 Å². The van der Waals surface area contributed by atoms with E-state index in [4.69, 9.17) is 0 Å². The Morgan fingerprint density at radius 2 is 1.75 bits per heavy atom. The van der Waals surface area contributed by atoms with E-state index < -0.39 is 17.6 Å². The average Bonchev–Trinajstić information content (AvgIpc) is 2.99. The third kappa shape index (κ3) is 2.27. The van der Waals surface area contributed by atoms with Crippen molar-refractivity contribution in [3.63, 3.8) is 0 Å². The molecule has 4 rings (SSSR count). The Balaban J connectivity index is 1.88. The lowest BCUT2D eigenvalue weighted by molar-refractivity contribution is -0.116. The first-order valence-electron chi connectivity index (χ1n) is 7.51. The van der Waals surface area contributed by atoms with Crippen LogP contribution < -0.4 is 5.32 Å². The van der Waals surface area contributed by atoms with Crippen molar-refractivity contribution in [2.45, 2.75) is 12.3 Å². The van der Waals surface area contributed by atoms with Crippen LogP contribution in [-0.2, 0) is 4.79 Å². The molecule has 0 aliphatic carbocycles. The molecule has 1 amide bonds. The molecule has 24 heavy (non-hydrogen) atoms. The van der Waals surface area contributed by atoms with Crippen LogP contribution >= 0.6 is 0 Å². The van der Waals surface area contributed by atoms with Crippen LogP contribution in [0.25, 0.3) is 5.69 Å². The summed E-state index contributed by atoms with van der Waals surface area (Å²) in [6.45, 7) is 0. The standard InChI is InChI=1S/C18H13F2N3O/c19-13-7-4-8-14(20)16(13)12-9-15(24)22-18-17(12)21-10-23(18)11-5-2-1-3-6-11/h1-8,10,12H,9H2,(H,22,24)/t12-/m0/s1. The average molecular weight is 325 g/mol. The van der Waals surface area contributed by atoms with Crippen molar-refractivity contribution in [1.29, 1.82) is 0 Å². The molecule has 0 spiro atoms. The van der Waals surface area contributed by atoms with Crippen LogP contribution in [0.5, 0.6) is 0 Å². The molecule has 1 N–H and O–H groups in total. The first-order valence-corrected chi connectivity index (χ1v) is 7.51. The van der Waals surface area contributed by atoms with Crippen molar-refractivity contribution in [2.75, 3.05) is 5.32 Å². The van der Waals surface area contributed by atoms with Gasteiger partial charge in [-0.3, -0.25) is 9.36 Å². The minimum Gasteiger partial charge on any atom is -0.310 e. The van der Waals surface area contributed by atoms with E-state index in [1.165, 1.54) is 18.2 Å². The highest BCUT2D eigenvalue weighted by Gasteiger charge is 2.34. The first-order chi connectivity index (χ1) is 11.6. The summed E-state index contributed by atoms with van der Waals surface area (Å²) in [7, 11) is 0. The number of rotatable bonds is 2. The van der Waals surface area contributed by atoms with Crippen LogP contribution in [0.1, 0.15) is 23.6 Å². The lowest BCUT2D eigenvalue weighted by Crippen LogP contribution is -2.26. The van der Waals surface area contributed by atoms with Crippen LogP contribution in [0.3, 0.4) is 0 Å². The van der Waals surface area contributed by atoms with E-state index in [0.29, 0.717) is 11.5 Å². The van der Waals surface area contributed by atoms with Gasteiger partial charge in [-0.25, -0.2) is 13.8 Å². The zero-order chi connectivity index (χ0) is 16.7. The molecule has 4 nitrogen and oxygen atoms in total. The summed E-state index contributed by atoms with van der Waals surface area (Å²) in [5.74, 6) is -1.94. The quantitative estimate of drug-likeness (QED) is 0.782. The summed E-state index contributed by atoms with van der Waals surface area (Å²) in [4.78, 5) is 16.4. The van der Waals surface area contributed by atoms with Gasteiger partial charge in [-0.1, -0.05) is 24.3 Å². The number of nitrogens with zero attached hydrogens (tertiary/aromatic N) is 2. The molecular formula is C18H13F2N3O. The smallest absolute Gasteiger partial charge is 0.226 e. The number of hydrogen-bond acceptors (Lipinski definition) is 2. The molecule has 120 valence electrons. The van der Waals surface area contributed by atoms with Gasteiger partial charge in [0.25, 0.3) is 0 Å². The lowest BCUT2D eigenvalue weighted by atomic mass is 9.89. The molecule has 0 bridgehead atoms. The van der Waals surface area contributed by atoms with E-state index in [1.54, 1.807) is 10.9 Å². The Bertz CT molecular complexity index is 901. The summed E-state index contributed by atoms with van der Waals surface area (Å²) in [5, 5.41) is 2.76. The zero-order valence-electron chi connectivity index (χ0n) is 12.5. The second-order valence-corrected chi connectivity index (χ2v) is 5.62. The predicted molar refractivity (Wildman–Crippen MR) is 85.0 cm³/mol. The number of aromatic nitrogens is 2. The third-order valence-electron chi connectivity index (χ3n) is 4.16. The fourth-order valence-electron chi connectivity index (χ4n) is 3.07. The molecule has 0 unspecified atom stereocenters. The number of carbonyl (C=O) groups is 1. The maximum atomic E-state index is 14.2. The number of benzene rings is 2. The molecule has 1 aliphatic rings. The van der Waals surface area contributed by atoms with Crippen LogP contribution in [-0.4, -0.2) is 15.5 Å². The normalized spacial score (nSPS) is 16.6. The summed E-state index contributed by atoms with van der Waals surface area (Å²) in [6.07, 6.45) is 1.51. The highest BCUT2D eigenvalue weighted by molar-refractivity contribution is 5.94.